The van der Waals surface area contributed by atoms with Gasteiger partial charge in [-0.3, -0.25) is 10.1 Å². The number of hydrogen-bond acceptors (Lipinski definition) is 4. The Balaban J connectivity index is 2.54. The summed E-state index contributed by atoms with van der Waals surface area (Å²) in [6, 6.07) is 8.00. The molecule has 2 N–H and O–H groups in total. The molecule has 2 rings (SSSR count). The van der Waals surface area contributed by atoms with Gasteiger partial charge < -0.3 is 10.2 Å². The maximum atomic E-state index is 10.6. The molecule has 0 aliphatic carbocycles. The molecule has 2 aromatic rings. The highest BCUT2D eigenvalue weighted by atomic mass is 35.5. The Morgan fingerprint density at radius 3 is 2.17 bits per heavy atom. The second kappa shape index (κ2) is 4.54. The lowest BCUT2D eigenvalue weighted by molar-refractivity contribution is -0.384. The molecular weight excluding hydrogens is 258 g/mol. The van der Waals surface area contributed by atoms with Gasteiger partial charge in [0.15, 0.2) is 0 Å². The summed E-state index contributed by atoms with van der Waals surface area (Å²) in [7, 11) is 0. The van der Waals surface area contributed by atoms with Crippen LogP contribution in [0.2, 0.25) is 5.02 Å². The van der Waals surface area contributed by atoms with Crippen molar-refractivity contribution in [3.63, 3.8) is 0 Å². The van der Waals surface area contributed by atoms with Crippen LogP contribution in [0.4, 0.5) is 5.69 Å². The average Bonchev–Trinajstić information content (AvgIpc) is 2.27. The van der Waals surface area contributed by atoms with Gasteiger partial charge in [0.05, 0.1) is 9.95 Å². The molecule has 0 unspecified atom stereocenters. The highest BCUT2D eigenvalue weighted by molar-refractivity contribution is 6.33. The first-order valence-corrected chi connectivity index (χ1v) is 5.32. The fourth-order valence-electron chi connectivity index (χ4n) is 1.60. The highest BCUT2D eigenvalue weighted by Crippen LogP contribution is 2.34. The zero-order valence-corrected chi connectivity index (χ0v) is 9.76. The summed E-state index contributed by atoms with van der Waals surface area (Å²) in [6.07, 6.45) is 0. The van der Waals surface area contributed by atoms with Crippen LogP contribution < -0.4 is 0 Å². The van der Waals surface area contributed by atoms with Crippen molar-refractivity contribution in [2.45, 2.75) is 0 Å². The molecule has 0 aliphatic heterocycles. The summed E-state index contributed by atoms with van der Waals surface area (Å²) < 4.78 is 0. The van der Waals surface area contributed by atoms with Crippen LogP contribution in [0.5, 0.6) is 11.5 Å². The van der Waals surface area contributed by atoms with Crippen molar-refractivity contribution >= 4 is 17.3 Å². The standard InChI is InChI=1S/C12H8ClNO4/c13-12-5-8(14(17)18)1-2-11(12)7-3-9(15)6-10(16)4-7/h1-6,15-16H. The number of benzene rings is 2. The van der Waals surface area contributed by atoms with Gasteiger partial charge in [-0.2, -0.15) is 0 Å². The number of hydrogen-bond donors (Lipinski definition) is 2. The topological polar surface area (TPSA) is 83.6 Å². The lowest BCUT2D eigenvalue weighted by atomic mass is 10.0. The predicted molar refractivity (Wildman–Crippen MR) is 66.9 cm³/mol. The van der Waals surface area contributed by atoms with Gasteiger partial charge in [-0.25, -0.2) is 0 Å². The number of nitrogens with zero attached hydrogens (tertiary/aromatic N) is 1. The average molecular weight is 266 g/mol. The molecule has 2 aromatic carbocycles. The molecule has 0 atom stereocenters. The molecule has 0 saturated heterocycles. The third-order valence-electron chi connectivity index (χ3n) is 2.38. The molecule has 0 aromatic heterocycles. The molecule has 0 fully saturated rings. The van der Waals surface area contributed by atoms with Gasteiger partial charge in [-0.05, 0) is 23.8 Å². The second-order valence-electron chi connectivity index (χ2n) is 3.66. The van der Waals surface area contributed by atoms with E-state index in [1.807, 2.05) is 0 Å². The summed E-state index contributed by atoms with van der Waals surface area (Å²) in [5.74, 6) is -0.223. The van der Waals surface area contributed by atoms with Gasteiger partial charge in [0.2, 0.25) is 0 Å². The maximum Gasteiger partial charge on any atom is 0.270 e. The third kappa shape index (κ3) is 2.36. The summed E-state index contributed by atoms with van der Waals surface area (Å²) in [5, 5.41) is 29.5. The Morgan fingerprint density at radius 2 is 1.67 bits per heavy atom. The van der Waals surface area contributed by atoms with E-state index >= 15 is 0 Å². The molecule has 6 heteroatoms. The normalized spacial score (nSPS) is 10.3. The predicted octanol–water partition coefficient (Wildman–Crippen LogP) is 3.33. The number of halogens is 1. The Labute approximate surface area is 107 Å². The Morgan fingerprint density at radius 1 is 1.06 bits per heavy atom. The first-order valence-electron chi connectivity index (χ1n) is 4.95. The molecule has 0 saturated carbocycles. The molecule has 0 amide bonds. The fraction of sp³-hybridized carbons (Fsp3) is 0. The Kier molecular flexibility index (Phi) is 3.08. The van der Waals surface area contributed by atoms with Crippen LogP contribution in [-0.2, 0) is 0 Å². The fourth-order valence-corrected chi connectivity index (χ4v) is 1.89. The van der Waals surface area contributed by atoms with Crippen LogP contribution in [0, 0.1) is 10.1 Å². The minimum Gasteiger partial charge on any atom is -0.508 e. The molecule has 92 valence electrons. The summed E-state index contributed by atoms with van der Waals surface area (Å²) >= 11 is 5.94. The number of rotatable bonds is 2. The van der Waals surface area contributed by atoms with Crippen LogP contribution in [-0.4, -0.2) is 15.1 Å². The Hall–Kier alpha value is -2.27. The molecule has 0 aliphatic rings. The highest BCUT2D eigenvalue weighted by Gasteiger charge is 2.11. The lowest BCUT2D eigenvalue weighted by Gasteiger charge is -2.06. The van der Waals surface area contributed by atoms with Gasteiger partial charge >= 0.3 is 0 Å². The molecule has 0 bridgehead atoms. The second-order valence-corrected chi connectivity index (χ2v) is 4.07. The first kappa shape index (κ1) is 12.2. The summed E-state index contributed by atoms with van der Waals surface area (Å²) in [4.78, 5) is 10.0. The third-order valence-corrected chi connectivity index (χ3v) is 2.69. The number of nitro benzene ring substituents is 1. The zero-order chi connectivity index (χ0) is 13.3. The van der Waals surface area contributed by atoms with Crippen molar-refractivity contribution in [3.8, 4) is 22.6 Å². The van der Waals surface area contributed by atoms with E-state index in [1.54, 1.807) is 0 Å². The van der Waals surface area contributed by atoms with E-state index < -0.39 is 4.92 Å². The maximum absolute atomic E-state index is 10.6. The quantitative estimate of drug-likeness (QED) is 0.644. The number of phenolic OH excluding ortho intramolecular Hbond substituents is 2. The number of phenols is 2. The van der Waals surface area contributed by atoms with E-state index in [4.69, 9.17) is 11.6 Å². The van der Waals surface area contributed by atoms with Crippen molar-refractivity contribution in [2.24, 2.45) is 0 Å². The van der Waals surface area contributed by atoms with Crippen LogP contribution >= 0.6 is 11.6 Å². The number of aromatic hydroxyl groups is 2. The van der Waals surface area contributed by atoms with Crippen LogP contribution in [0.25, 0.3) is 11.1 Å². The zero-order valence-electron chi connectivity index (χ0n) is 9.00. The van der Waals surface area contributed by atoms with E-state index in [0.717, 1.165) is 0 Å². The van der Waals surface area contributed by atoms with E-state index in [9.17, 15) is 20.3 Å². The van der Waals surface area contributed by atoms with Gasteiger partial charge in [0, 0.05) is 23.8 Å². The van der Waals surface area contributed by atoms with Crippen LogP contribution in [0.15, 0.2) is 36.4 Å². The lowest BCUT2D eigenvalue weighted by Crippen LogP contribution is -1.88. The van der Waals surface area contributed by atoms with Crippen molar-refractivity contribution in [2.75, 3.05) is 0 Å². The molecule has 0 radical (unpaired) electrons. The van der Waals surface area contributed by atoms with Gasteiger partial charge in [0.25, 0.3) is 5.69 Å². The molecular formula is C12H8ClNO4. The largest absolute Gasteiger partial charge is 0.508 e. The molecule has 18 heavy (non-hydrogen) atoms. The molecule has 0 spiro atoms. The van der Waals surface area contributed by atoms with Crippen molar-refractivity contribution < 1.29 is 15.1 Å². The van der Waals surface area contributed by atoms with E-state index in [0.29, 0.717) is 11.1 Å². The van der Waals surface area contributed by atoms with Crippen LogP contribution in [0.1, 0.15) is 0 Å². The Bertz CT molecular complexity index is 607. The minimum atomic E-state index is -0.546. The molecule has 5 nitrogen and oxygen atoms in total. The smallest absolute Gasteiger partial charge is 0.270 e. The monoisotopic (exact) mass is 265 g/mol. The van der Waals surface area contributed by atoms with Crippen molar-refractivity contribution in [1.82, 2.24) is 0 Å². The minimum absolute atomic E-state index is 0.112. The van der Waals surface area contributed by atoms with E-state index in [2.05, 4.69) is 0 Å². The van der Waals surface area contributed by atoms with Crippen molar-refractivity contribution in [1.29, 1.82) is 0 Å². The molecule has 0 heterocycles. The number of nitro groups is 1. The summed E-state index contributed by atoms with van der Waals surface area (Å²) in [5.41, 5.74) is 0.856. The summed E-state index contributed by atoms with van der Waals surface area (Å²) in [6.45, 7) is 0. The number of non-ortho nitro benzene ring substituents is 1. The van der Waals surface area contributed by atoms with E-state index in [1.165, 1.54) is 36.4 Å². The SMILES string of the molecule is O=[N+]([O-])c1ccc(-c2cc(O)cc(O)c2)c(Cl)c1. The first-order chi connectivity index (χ1) is 8.47. The van der Waals surface area contributed by atoms with Gasteiger partial charge in [-0.1, -0.05) is 11.6 Å². The van der Waals surface area contributed by atoms with Crippen LogP contribution in [0.3, 0.4) is 0 Å². The van der Waals surface area contributed by atoms with Gasteiger partial charge in [0.1, 0.15) is 11.5 Å². The van der Waals surface area contributed by atoms with E-state index in [-0.39, 0.29) is 22.2 Å². The van der Waals surface area contributed by atoms with Gasteiger partial charge in [-0.15, -0.1) is 0 Å². The van der Waals surface area contributed by atoms with Crippen molar-refractivity contribution in [3.05, 3.63) is 51.5 Å².